The lowest BCUT2D eigenvalue weighted by Crippen LogP contribution is -2.35. The maximum Gasteiger partial charge on any atom is 0.303 e. The summed E-state index contributed by atoms with van der Waals surface area (Å²) in [6.07, 6.45) is 1.86. The molecular formula is C18H17ClFN3O4. The van der Waals surface area contributed by atoms with Crippen molar-refractivity contribution in [2.45, 2.75) is 25.7 Å². The summed E-state index contributed by atoms with van der Waals surface area (Å²) in [5.41, 5.74) is 1.52. The first kappa shape index (κ1) is 20.3. The Labute approximate surface area is 159 Å². The molecule has 0 amide bonds. The number of carboxylic acid groups (broad SMARTS) is 1. The van der Waals surface area contributed by atoms with Crippen LogP contribution in [0.25, 0.3) is 11.4 Å². The zero-order valence-corrected chi connectivity index (χ0v) is 14.9. The molecule has 0 saturated heterocycles. The fraction of sp³-hybridized carbons (Fsp3) is 0.222. The zero-order chi connectivity index (χ0) is 18.7. The number of benzene rings is 1. The second kappa shape index (κ2) is 8.59. The number of halogens is 2. The molecule has 3 aromatic rings. The zero-order valence-electron chi connectivity index (χ0n) is 14.1. The van der Waals surface area contributed by atoms with Gasteiger partial charge in [0.1, 0.15) is 17.9 Å². The van der Waals surface area contributed by atoms with Gasteiger partial charge in [-0.25, -0.2) is 13.9 Å². The van der Waals surface area contributed by atoms with Crippen LogP contribution in [0.5, 0.6) is 0 Å². The van der Waals surface area contributed by atoms with Gasteiger partial charge in [0.15, 0.2) is 11.0 Å². The first-order valence-corrected chi connectivity index (χ1v) is 7.99. The quantitative estimate of drug-likeness (QED) is 0.660. The van der Waals surface area contributed by atoms with Gasteiger partial charge in [0.2, 0.25) is 5.43 Å². The highest BCUT2D eigenvalue weighted by Crippen LogP contribution is 2.10. The molecule has 2 aromatic heterocycles. The van der Waals surface area contributed by atoms with Crippen molar-refractivity contribution in [3.63, 3.8) is 0 Å². The molecule has 27 heavy (non-hydrogen) atoms. The third-order valence-corrected chi connectivity index (χ3v) is 4.03. The smallest absolute Gasteiger partial charge is 0.303 e. The largest absolute Gasteiger partial charge is 0.510 e. The van der Waals surface area contributed by atoms with E-state index >= 15 is 0 Å². The normalized spacial score (nSPS) is 11.9. The van der Waals surface area contributed by atoms with E-state index in [1.807, 2.05) is 0 Å². The molecule has 142 valence electrons. The fourth-order valence-electron chi connectivity index (χ4n) is 2.74. The van der Waals surface area contributed by atoms with Crippen LogP contribution in [-0.2, 0) is 17.6 Å². The van der Waals surface area contributed by atoms with E-state index in [0.29, 0.717) is 24.1 Å². The average molecular weight is 394 g/mol. The lowest BCUT2D eigenvalue weighted by atomic mass is 10.0. The van der Waals surface area contributed by atoms with E-state index < -0.39 is 11.4 Å². The Morgan fingerprint density at radius 1 is 1.11 bits per heavy atom. The monoisotopic (exact) mass is 393 g/mol. The maximum atomic E-state index is 13.0. The van der Waals surface area contributed by atoms with Crippen molar-refractivity contribution in [2.75, 3.05) is 0 Å². The van der Waals surface area contributed by atoms with Gasteiger partial charge in [0.25, 0.3) is 0 Å². The third-order valence-electron chi connectivity index (χ3n) is 4.03. The van der Waals surface area contributed by atoms with Gasteiger partial charge in [-0.2, -0.15) is 5.10 Å². The summed E-state index contributed by atoms with van der Waals surface area (Å²) >= 11 is 0. The Bertz CT molecular complexity index is 1070. The molecule has 9 heteroatoms. The molecule has 1 aromatic carbocycles. The van der Waals surface area contributed by atoms with E-state index in [1.54, 1.807) is 12.1 Å². The van der Waals surface area contributed by atoms with Crippen LogP contribution in [0.4, 0.5) is 4.39 Å². The molecule has 0 bridgehead atoms. The summed E-state index contributed by atoms with van der Waals surface area (Å²) in [7, 11) is 0. The van der Waals surface area contributed by atoms with Crippen LogP contribution in [0.15, 0.2) is 41.5 Å². The van der Waals surface area contributed by atoms with E-state index in [2.05, 4.69) is 10.1 Å². The van der Waals surface area contributed by atoms with E-state index in [9.17, 15) is 19.1 Å². The van der Waals surface area contributed by atoms with Crippen LogP contribution < -0.4 is 10.8 Å². The highest BCUT2D eigenvalue weighted by molar-refractivity contribution is 5.85. The van der Waals surface area contributed by atoms with Crippen LogP contribution >= 0.6 is 12.4 Å². The summed E-state index contributed by atoms with van der Waals surface area (Å²) in [5, 5.41) is 22.8. The second-order valence-corrected chi connectivity index (χ2v) is 5.84. The Balaban J connectivity index is 0.00000261. The number of aliphatic carboxylic acids is 1. The predicted octanol–water partition coefficient (Wildman–Crippen LogP) is 1.69. The topological polar surface area (TPSA) is 105 Å². The van der Waals surface area contributed by atoms with Crippen molar-refractivity contribution in [2.24, 2.45) is 0 Å². The summed E-state index contributed by atoms with van der Waals surface area (Å²) in [5.74, 6) is -1.72. The van der Waals surface area contributed by atoms with Crippen molar-refractivity contribution in [3.8, 4) is 0 Å². The molecular weight excluding hydrogens is 377 g/mol. The van der Waals surface area contributed by atoms with E-state index in [1.165, 1.54) is 29.0 Å². The van der Waals surface area contributed by atoms with Gasteiger partial charge in [0, 0.05) is 12.0 Å². The van der Waals surface area contributed by atoms with Gasteiger partial charge >= 0.3 is 5.97 Å². The summed E-state index contributed by atoms with van der Waals surface area (Å²) < 4.78 is 14.2. The molecule has 3 rings (SSSR count). The van der Waals surface area contributed by atoms with E-state index in [0.717, 1.165) is 5.56 Å². The number of fused-ring (bicyclic) bond motifs is 1. The van der Waals surface area contributed by atoms with Crippen molar-refractivity contribution in [3.05, 3.63) is 69.2 Å². The van der Waals surface area contributed by atoms with Crippen LogP contribution in [0.1, 0.15) is 24.0 Å². The SMILES string of the molecule is Cl.O=C(O)CCC(O)=c1c(=O)cc(CCc2ccc(F)cc2)c2ncnn12. The summed E-state index contributed by atoms with van der Waals surface area (Å²) in [4.78, 5) is 27.2. The number of pyridine rings is 1. The van der Waals surface area contributed by atoms with Gasteiger partial charge in [-0.3, -0.25) is 9.59 Å². The Hall–Kier alpha value is -3.00. The number of hydrogen-bond acceptors (Lipinski definition) is 5. The van der Waals surface area contributed by atoms with E-state index in [4.69, 9.17) is 5.11 Å². The lowest BCUT2D eigenvalue weighted by molar-refractivity contribution is -0.136. The molecule has 0 aliphatic rings. The molecule has 0 unspecified atom stereocenters. The first-order chi connectivity index (χ1) is 12.5. The van der Waals surface area contributed by atoms with Gasteiger partial charge in [-0.05, 0) is 36.6 Å². The Morgan fingerprint density at radius 2 is 1.81 bits per heavy atom. The molecule has 0 aliphatic heterocycles. The summed E-state index contributed by atoms with van der Waals surface area (Å²) in [6, 6.07) is 7.47. The molecule has 0 atom stereocenters. The number of aliphatic hydroxyl groups excluding tert-OH is 1. The van der Waals surface area contributed by atoms with Crippen LogP contribution in [0, 0.1) is 5.82 Å². The molecule has 2 heterocycles. The number of aryl methyl sites for hydroxylation is 2. The van der Waals surface area contributed by atoms with Crippen molar-refractivity contribution < 1.29 is 19.4 Å². The van der Waals surface area contributed by atoms with Crippen LogP contribution in [0.2, 0.25) is 0 Å². The van der Waals surface area contributed by atoms with Crippen LogP contribution in [0.3, 0.4) is 0 Å². The van der Waals surface area contributed by atoms with Crippen molar-refractivity contribution in [1.82, 2.24) is 14.6 Å². The fourth-order valence-corrected chi connectivity index (χ4v) is 2.74. The Kier molecular flexibility index (Phi) is 6.46. The molecule has 2 N–H and O–H groups in total. The standard InChI is InChI=1S/C18H16FN3O4.ClH/c19-13-5-2-11(3-6-13)1-4-12-9-15(24)17(14(23)7-8-16(25)26)22-18(12)20-10-21-22;/h2-3,5-6,9-10,23H,1,4,7-8H2,(H,25,26);1H. The molecule has 0 saturated carbocycles. The molecule has 7 nitrogen and oxygen atoms in total. The molecule has 0 radical (unpaired) electrons. The average Bonchev–Trinajstić information content (AvgIpc) is 3.08. The van der Waals surface area contributed by atoms with Crippen molar-refractivity contribution >= 4 is 29.8 Å². The number of aromatic nitrogens is 3. The lowest BCUT2D eigenvalue weighted by Gasteiger charge is -2.05. The van der Waals surface area contributed by atoms with Crippen LogP contribution in [-0.4, -0.2) is 30.8 Å². The third kappa shape index (κ3) is 4.59. The minimum absolute atomic E-state index is 0. The molecule has 0 fully saturated rings. The first-order valence-electron chi connectivity index (χ1n) is 7.99. The summed E-state index contributed by atoms with van der Waals surface area (Å²) in [6.45, 7) is 0. The highest BCUT2D eigenvalue weighted by Gasteiger charge is 2.12. The van der Waals surface area contributed by atoms with Gasteiger partial charge < -0.3 is 10.2 Å². The molecule has 0 aliphatic carbocycles. The number of carbonyl (C=O) groups is 1. The van der Waals surface area contributed by atoms with Gasteiger partial charge in [-0.1, -0.05) is 12.1 Å². The van der Waals surface area contributed by atoms with Crippen molar-refractivity contribution in [1.29, 1.82) is 0 Å². The molecule has 0 spiro atoms. The number of aliphatic hydroxyl groups is 1. The number of carboxylic acids is 1. The number of hydrogen-bond donors (Lipinski definition) is 2. The second-order valence-electron chi connectivity index (χ2n) is 5.84. The predicted molar refractivity (Wildman–Crippen MR) is 98.4 cm³/mol. The van der Waals surface area contributed by atoms with E-state index in [-0.39, 0.29) is 42.2 Å². The minimum Gasteiger partial charge on any atom is -0.510 e. The number of rotatable bonds is 6. The Morgan fingerprint density at radius 3 is 2.48 bits per heavy atom. The highest BCUT2D eigenvalue weighted by atomic mass is 35.5. The number of nitrogens with zero attached hydrogens (tertiary/aromatic N) is 3. The van der Waals surface area contributed by atoms with Gasteiger partial charge in [-0.15, -0.1) is 12.4 Å². The minimum atomic E-state index is -1.07. The van der Waals surface area contributed by atoms with Gasteiger partial charge in [0.05, 0.1) is 6.42 Å². The maximum absolute atomic E-state index is 13.0.